The van der Waals surface area contributed by atoms with Gasteiger partial charge in [-0.05, 0) is 12.1 Å². The number of nitrogen functional groups attached to an aromatic ring is 1. The molecule has 0 spiro atoms. The molecule has 3 N–H and O–H groups in total. The van der Waals surface area contributed by atoms with Crippen molar-refractivity contribution >= 4 is 23.6 Å². The first kappa shape index (κ1) is 10.2. The van der Waals surface area contributed by atoms with E-state index < -0.39 is 5.97 Å². The fourth-order valence-corrected chi connectivity index (χ4v) is 1.60. The Labute approximate surface area is 90.3 Å². The Morgan fingerprint density at radius 1 is 1.56 bits per heavy atom. The maximum atomic E-state index is 10.9. The van der Waals surface area contributed by atoms with E-state index in [9.17, 15) is 9.59 Å². The Hall–Kier alpha value is -2.37. The summed E-state index contributed by atoms with van der Waals surface area (Å²) < 4.78 is 1.47. The van der Waals surface area contributed by atoms with Gasteiger partial charge in [-0.3, -0.25) is 4.40 Å². The molecule has 0 bridgehead atoms. The number of anilines is 1. The van der Waals surface area contributed by atoms with E-state index in [2.05, 4.69) is 4.98 Å². The average molecular weight is 219 g/mol. The second-order valence-corrected chi connectivity index (χ2v) is 3.22. The molecule has 0 amide bonds. The van der Waals surface area contributed by atoms with Crippen molar-refractivity contribution in [3.05, 3.63) is 29.7 Å². The Bertz CT molecular complexity index is 574. The van der Waals surface area contributed by atoms with E-state index in [4.69, 9.17) is 10.8 Å². The van der Waals surface area contributed by atoms with Gasteiger partial charge in [-0.2, -0.15) is 0 Å². The van der Waals surface area contributed by atoms with Crippen LogP contribution in [0.1, 0.15) is 16.3 Å². The van der Waals surface area contributed by atoms with E-state index in [1.807, 2.05) is 0 Å². The first-order valence-electron chi connectivity index (χ1n) is 4.58. The molecule has 0 aliphatic carbocycles. The number of nitrogens with zero attached hydrogens (tertiary/aromatic N) is 2. The van der Waals surface area contributed by atoms with Gasteiger partial charge in [-0.15, -0.1) is 0 Å². The molecule has 2 aromatic rings. The number of hydrogen-bond acceptors (Lipinski definition) is 4. The molecule has 0 aliphatic rings. The number of aldehydes is 1. The Kier molecular flexibility index (Phi) is 2.32. The second-order valence-electron chi connectivity index (χ2n) is 3.22. The maximum absolute atomic E-state index is 10.9. The van der Waals surface area contributed by atoms with Crippen molar-refractivity contribution in [3.63, 3.8) is 0 Å². The van der Waals surface area contributed by atoms with Crippen LogP contribution in [0.15, 0.2) is 18.2 Å². The SMILES string of the molecule is Nc1cccc2c(C(=O)O)nc(CC=O)n12. The minimum absolute atomic E-state index is 0.0304. The van der Waals surface area contributed by atoms with Crippen LogP contribution in [0.25, 0.3) is 5.52 Å². The highest BCUT2D eigenvalue weighted by atomic mass is 16.4. The van der Waals surface area contributed by atoms with Gasteiger partial charge in [0.05, 0.1) is 11.9 Å². The molecule has 16 heavy (non-hydrogen) atoms. The smallest absolute Gasteiger partial charge is 0.356 e. The van der Waals surface area contributed by atoms with Gasteiger partial charge < -0.3 is 15.6 Å². The van der Waals surface area contributed by atoms with E-state index in [-0.39, 0.29) is 12.1 Å². The molecule has 82 valence electrons. The lowest BCUT2D eigenvalue weighted by Crippen LogP contribution is -2.01. The molecule has 2 rings (SSSR count). The van der Waals surface area contributed by atoms with Crippen molar-refractivity contribution in [3.8, 4) is 0 Å². The zero-order valence-electron chi connectivity index (χ0n) is 8.25. The number of aromatic nitrogens is 2. The van der Waals surface area contributed by atoms with Crippen LogP contribution in [0.2, 0.25) is 0 Å². The van der Waals surface area contributed by atoms with Crippen molar-refractivity contribution in [2.45, 2.75) is 6.42 Å². The summed E-state index contributed by atoms with van der Waals surface area (Å²) in [6.07, 6.45) is 0.690. The predicted molar refractivity (Wildman–Crippen MR) is 56.3 cm³/mol. The van der Waals surface area contributed by atoms with Gasteiger partial charge in [0.15, 0.2) is 5.69 Å². The lowest BCUT2D eigenvalue weighted by Gasteiger charge is -2.01. The molecule has 0 aliphatic heterocycles. The fourth-order valence-electron chi connectivity index (χ4n) is 1.60. The number of carbonyl (C=O) groups is 2. The Morgan fingerprint density at radius 3 is 2.94 bits per heavy atom. The summed E-state index contributed by atoms with van der Waals surface area (Å²) in [5.41, 5.74) is 6.01. The first-order chi connectivity index (χ1) is 7.65. The number of carboxylic acid groups (broad SMARTS) is 1. The standard InChI is InChI=1S/C10H9N3O3/c11-7-3-1-2-6-9(10(15)16)12-8(4-5-14)13(6)7/h1-3,5H,4,11H2,(H,15,16). The highest BCUT2D eigenvalue weighted by Gasteiger charge is 2.17. The van der Waals surface area contributed by atoms with Gasteiger partial charge in [-0.25, -0.2) is 9.78 Å². The fraction of sp³-hybridized carbons (Fsp3) is 0.100. The van der Waals surface area contributed by atoms with Crippen molar-refractivity contribution < 1.29 is 14.7 Å². The molecule has 0 aromatic carbocycles. The molecular weight excluding hydrogens is 210 g/mol. The molecular formula is C10H9N3O3. The highest BCUT2D eigenvalue weighted by Crippen LogP contribution is 2.17. The third-order valence-electron chi connectivity index (χ3n) is 2.23. The van der Waals surface area contributed by atoms with Crippen LogP contribution in [0.3, 0.4) is 0 Å². The Balaban J connectivity index is 2.81. The van der Waals surface area contributed by atoms with Crippen LogP contribution in [0, 0.1) is 0 Å². The highest BCUT2D eigenvalue weighted by molar-refractivity contribution is 5.94. The molecule has 0 saturated heterocycles. The van der Waals surface area contributed by atoms with E-state index >= 15 is 0 Å². The van der Waals surface area contributed by atoms with E-state index in [1.54, 1.807) is 18.2 Å². The van der Waals surface area contributed by atoms with Crippen LogP contribution in [-0.4, -0.2) is 26.7 Å². The van der Waals surface area contributed by atoms with Gasteiger partial charge in [0, 0.05) is 0 Å². The molecule has 2 aromatic heterocycles. The molecule has 6 heteroatoms. The molecule has 0 unspecified atom stereocenters. The number of rotatable bonds is 3. The summed E-state index contributed by atoms with van der Waals surface area (Å²) in [4.78, 5) is 25.3. The largest absolute Gasteiger partial charge is 0.476 e. The summed E-state index contributed by atoms with van der Waals surface area (Å²) in [6.45, 7) is 0. The summed E-state index contributed by atoms with van der Waals surface area (Å²) in [6, 6.07) is 4.86. The van der Waals surface area contributed by atoms with Gasteiger partial charge in [-0.1, -0.05) is 6.07 Å². The van der Waals surface area contributed by atoms with E-state index in [1.165, 1.54) is 4.40 Å². The molecule has 0 fully saturated rings. The van der Waals surface area contributed by atoms with Gasteiger partial charge in [0.2, 0.25) is 0 Å². The number of fused-ring (bicyclic) bond motifs is 1. The Morgan fingerprint density at radius 2 is 2.31 bits per heavy atom. The summed E-state index contributed by atoms with van der Waals surface area (Å²) in [5, 5.41) is 8.95. The monoisotopic (exact) mass is 219 g/mol. The third kappa shape index (κ3) is 1.40. The van der Waals surface area contributed by atoms with Gasteiger partial charge in [0.1, 0.15) is 17.9 Å². The predicted octanol–water partition coefficient (Wildman–Crippen LogP) is 0.356. The third-order valence-corrected chi connectivity index (χ3v) is 2.23. The van der Waals surface area contributed by atoms with Crippen molar-refractivity contribution in [2.75, 3.05) is 5.73 Å². The lowest BCUT2D eigenvalue weighted by molar-refractivity contribution is -0.107. The minimum Gasteiger partial charge on any atom is -0.476 e. The molecule has 2 heterocycles. The summed E-state index contributed by atoms with van der Waals surface area (Å²) >= 11 is 0. The molecule has 0 radical (unpaired) electrons. The van der Waals surface area contributed by atoms with Crippen LogP contribution < -0.4 is 5.73 Å². The second kappa shape index (κ2) is 3.65. The summed E-state index contributed by atoms with van der Waals surface area (Å²) in [7, 11) is 0. The normalized spacial score (nSPS) is 10.5. The van der Waals surface area contributed by atoms with E-state index in [0.29, 0.717) is 23.4 Å². The average Bonchev–Trinajstić information content (AvgIpc) is 2.59. The lowest BCUT2D eigenvalue weighted by atomic mass is 10.3. The molecule has 6 nitrogen and oxygen atoms in total. The molecule has 0 atom stereocenters. The number of carbonyl (C=O) groups excluding carboxylic acids is 1. The number of imidazole rings is 1. The van der Waals surface area contributed by atoms with Crippen LogP contribution >= 0.6 is 0 Å². The van der Waals surface area contributed by atoms with Crippen molar-refractivity contribution in [1.82, 2.24) is 9.38 Å². The van der Waals surface area contributed by atoms with Gasteiger partial charge in [0.25, 0.3) is 0 Å². The zero-order chi connectivity index (χ0) is 11.7. The minimum atomic E-state index is -1.14. The number of pyridine rings is 1. The van der Waals surface area contributed by atoms with Crippen molar-refractivity contribution in [1.29, 1.82) is 0 Å². The van der Waals surface area contributed by atoms with Crippen LogP contribution in [0.5, 0.6) is 0 Å². The van der Waals surface area contributed by atoms with Crippen molar-refractivity contribution in [2.24, 2.45) is 0 Å². The quantitative estimate of drug-likeness (QED) is 0.726. The first-order valence-corrected chi connectivity index (χ1v) is 4.58. The number of carboxylic acids is 1. The molecule has 0 saturated carbocycles. The maximum Gasteiger partial charge on any atom is 0.356 e. The van der Waals surface area contributed by atoms with Crippen LogP contribution in [0.4, 0.5) is 5.82 Å². The zero-order valence-corrected chi connectivity index (χ0v) is 8.25. The number of hydrogen-bond donors (Lipinski definition) is 2. The van der Waals surface area contributed by atoms with Gasteiger partial charge >= 0.3 is 5.97 Å². The number of aromatic carboxylic acids is 1. The van der Waals surface area contributed by atoms with E-state index in [0.717, 1.165) is 0 Å². The summed E-state index contributed by atoms with van der Waals surface area (Å²) in [5.74, 6) is -0.449. The number of nitrogens with two attached hydrogens (primary N) is 1. The topological polar surface area (TPSA) is 97.7 Å². The van der Waals surface area contributed by atoms with Crippen LogP contribution in [-0.2, 0) is 11.2 Å².